The van der Waals surface area contributed by atoms with E-state index >= 15 is 0 Å². The lowest BCUT2D eigenvalue weighted by Crippen LogP contribution is -2.43. The van der Waals surface area contributed by atoms with E-state index < -0.39 is 0 Å². The van der Waals surface area contributed by atoms with Crippen LogP contribution in [0.2, 0.25) is 0 Å². The van der Waals surface area contributed by atoms with E-state index in [-0.39, 0.29) is 5.41 Å². The molecule has 1 atom stereocenters. The minimum atomic E-state index is 0.252. The van der Waals surface area contributed by atoms with Gasteiger partial charge in [-0.2, -0.15) is 0 Å². The van der Waals surface area contributed by atoms with Gasteiger partial charge in [-0.15, -0.1) is 0 Å². The van der Waals surface area contributed by atoms with Gasteiger partial charge in [-0.1, -0.05) is 50.2 Å². The lowest BCUT2D eigenvalue weighted by molar-refractivity contribution is 0.148. The molecule has 1 unspecified atom stereocenters. The van der Waals surface area contributed by atoms with Gasteiger partial charge in [0, 0.05) is 57.9 Å². The van der Waals surface area contributed by atoms with Gasteiger partial charge >= 0.3 is 0 Å². The molecular formula is C23H32N4. The largest absolute Gasteiger partial charge is 0.355 e. The van der Waals surface area contributed by atoms with E-state index in [0.29, 0.717) is 5.92 Å². The van der Waals surface area contributed by atoms with Gasteiger partial charge < -0.3 is 9.80 Å². The summed E-state index contributed by atoms with van der Waals surface area (Å²) >= 11 is 0. The molecule has 0 amide bonds. The number of likely N-dealkylation sites (N-methyl/N-ethyl adjacent to an activating group) is 1. The topological polar surface area (TPSA) is 22.6 Å². The van der Waals surface area contributed by atoms with Gasteiger partial charge in [0.1, 0.15) is 5.82 Å². The quantitative estimate of drug-likeness (QED) is 0.829. The van der Waals surface area contributed by atoms with Crippen LogP contribution < -0.4 is 4.90 Å². The predicted molar refractivity (Wildman–Crippen MR) is 112 cm³/mol. The summed E-state index contributed by atoms with van der Waals surface area (Å²) in [6.45, 7) is 12.5. The fourth-order valence-electron chi connectivity index (χ4n) is 4.51. The summed E-state index contributed by atoms with van der Waals surface area (Å²) in [4.78, 5) is 12.2. The molecule has 1 aromatic carbocycles. The third kappa shape index (κ3) is 4.17. The number of rotatable bonds is 4. The Morgan fingerprint density at radius 3 is 2.41 bits per heavy atom. The maximum absolute atomic E-state index is 4.82. The van der Waals surface area contributed by atoms with E-state index in [4.69, 9.17) is 4.98 Å². The average molecular weight is 365 g/mol. The molecule has 0 N–H and O–H groups in total. The number of nitrogens with zero attached hydrogens (tertiary/aromatic N) is 4. The van der Waals surface area contributed by atoms with E-state index in [1.807, 2.05) is 0 Å². The molecule has 0 spiro atoms. The Labute approximate surface area is 163 Å². The zero-order valence-electron chi connectivity index (χ0n) is 16.9. The van der Waals surface area contributed by atoms with E-state index in [9.17, 15) is 0 Å². The summed E-state index contributed by atoms with van der Waals surface area (Å²) in [5.74, 6) is 1.66. The molecule has 0 bridgehead atoms. The van der Waals surface area contributed by atoms with Crippen molar-refractivity contribution in [3.05, 3.63) is 59.8 Å². The van der Waals surface area contributed by atoms with Crippen LogP contribution in [0.3, 0.4) is 0 Å². The van der Waals surface area contributed by atoms with Gasteiger partial charge in [0.2, 0.25) is 0 Å². The number of aromatic nitrogens is 1. The Morgan fingerprint density at radius 2 is 1.74 bits per heavy atom. The molecule has 2 aliphatic rings. The maximum Gasteiger partial charge on any atom is 0.128 e. The third-order valence-electron chi connectivity index (χ3n) is 6.28. The maximum atomic E-state index is 4.82. The molecule has 0 aliphatic carbocycles. The number of pyridine rings is 1. The zero-order valence-corrected chi connectivity index (χ0v) is 16.9. The number of benzene rings is 1. The van der Waals surface area contributed by atoms with Crippen molar-refractivity contribution in [2.24, 2.45) is 5.41 Å². The standard InChI is InChI=1S/C23H32N4/c1-23(2)18-27(17-21(23)20-7-5-4-6-8-20)22-10-9-19(15-24-22)16-26-13-11-25(3)12-14-26/h4-10,15,21H,11-14,16-18H2,1-3H3. The van der Waals surface area contributed by atoms with Crippen molar-refractivity contribution in [3.63, 3.8) is 0 Å². The SMILES string of the molecule is CN1CCN(Cc2ccc(N3CC(c4ccccc4)C(C)(C)C3)nc2)CC1. The molecule has 144 valence electrons. The van der Waals surface area contributed by atoms with Crippen molar-refractivity contribution in [2.75, 3.05) is 51.2 Å². The minimum Gasteiger partial charge on any atom is -0.355 e. The van der Waals surface area contributed by atoms with E-state index in [1.54, 1.807) is 0 Å². The highest BCUT2D eigenvalue weighted by Gasteiger charge is 2.40. The van der Waals surface area contributed by atoms with E-state index in [1.165, 1.54) is 11.1 Å². The summed E-state index contributed by atoms with van der Waals surface area (Å²) in [6.07, 6.45) is 2.08. The Bertz CT molecular complexity index is 733. The van der Waals surface area contributed by atoms with Gasteiger partial charge in [-0.05, 0) is 29.7 Å². The Hall–Kier alpha value is -1.91. The lowest BCUT2D eigenvalue weighted by atomic mass is 9.78. The first-order chi connectivity index (χ1) is 13.0. The van der Waals surface area contributed by atoms with Crippen LogP contribution >= 0.6 is 0 Å². The highest BCUT2D eigenvalue weighted by Crippen LogP contribution is 2.43. The summed E-state index contributed by atoms with van der Waals surface area (Å²) in [6, 6.07) is 15.4. The van der Waals surface area contributed by atoms with Gasteiger partial charge in [-0.25, -0.2) is 4.98 Å². The monoisotopic (exact) mass is 364 g/mol. The summed E-state index contributed by atoms with van der Waals surface area (Å²) in [5, 5.41) is 0. The van der Waals surface area contributed by atoms with Crippen molar-refractivity contribution in [2.45, 2.75) is 26.3 Å². The highest BCUT2D eigenvalue weighted by molar-refractivity contribution is 5.44. The van der Waals surface area contributed by atoms with Crippen molar-refractivity contribution in [3.8, 4) is 0 Å². The summed E-state index contributed by atoms with van der Waals surface area (Å²) in [7, 11) is 2.20. The molecule has 0 saturated carbocycles. The first-order valence-electron chi connectivity index (χ1n) is 10.2. The number of hydrogen-bond acceptors (Lipinski definition) is 4. The molecule has 2 aromatic rings. The molecule has 0 radical (unpaired) electrons. The first kappa shape index (κ1) is 18.5. The van der Waals surface area contributed by atoms with Crippen LogP contribution in [-0.4, -0.2) is 61.1 Å². The zero-order chi connectivity index (χ0) is 18.9. The second kappa shape index (κ2) is 7.61. The third-order valence-corrected chi connectivity index (χ3v) is 6.28. The lowest BCUT2D eigenvalue weighted by Gasteiger charge is -2.32. The van der Waals surface area contributed by atoms with Crippen molar-refractivity contribution in [1.29, 1.82) is 0 Å². The predicted octanol–water partition coefficient (Wildman–Crippen LogP) is 3.46. The molecule has 2 aliphatic heterocycles. The molecule has 4 heteroatoms. The van der Waals surface area contributed by atoms with Gasteiger partial charge in [-0.3, -0.25) is 4.90 Å². The van der Waals surface area contributed by atoms with Crippen LogP contribution in [0.15, 0.2) is 48.7 Å². The fraction of sp³-hybridized carbons (Fsp3) is 0.522. The van der Waals surface area contributed by atoms with Gasteiger partial charge in [0.15, 0.2) is 0 Å². The molecule has 3 heterocycles. The first-order valence-corrected chi connectivity index (χ1v) is 10.2. The number of piperazine rings is 1. The summed E-state index contributed by atoms with van der Waals surface area (Å²) < 4.78 is 0. The summed E-state index contributed by atoms with van der Waals surface area (Å²) in [5.41, 5.74) is 3.01. The van der Waals surface area contributed by atoms with Crippen molar-refractivity contribution < 1.29 is 0 Å². The normalized spacial score (nSPS) is 23.7. The van der Waals surface area contributed by atoms with Gasteiger partial charge in [0.25, 0.3) is 0 Å². The Morgan fingerprint density at radius 1 is 1.00 bits per heavy atom. The highest BCUT2D eigenvalue weighted by atomic mass is 15.2. The molecule has 2 saturated heterocycles. The molecule has 1 aromatic heterocycles. The second-order valence-corrected chi connectivity index (χ2v) is 8.94. The van der Waals surface area contributed by atoms with Crippen LogP contribution in [0.1, 0.15) is 30.9 Å². The number of anilines is 1. The van der Waals surface area contributed by atoms with E-state index in [0.717, 1.165) is 51.6 Å². The van der Waals surface area contributed by atoms with Crippen LogP contribution in [-0.2, 0) is 6.54 Å². The molecule has 4 rings (SSSR count). The molecule has 4 nitrogen and oxygen atoms in total. The van der Waals surface area contributed by atoms with Crippen molar-refractivity contribution in [1.82, 2.24) is 14.8 Å². The Kier molecular flexibility index (Phi) is 5.20. The fourth-order valence-corrected chi connectivity index (χ4v) is 4.51. The van der Waals surface area contributed by atoms with Crippen LogP contribution in [0, 0.1) is 5.41 Å². The van der Waals surface area contributed by atoms with Crippen LogP contribution in [0.5, 0.6) is 0 Å². The van der Waals surface area contributed by atoms with Crippen LogP contribution in [0.4, 0.5) is 5.82 Å². The van der Waals surface area contributed by atoms with Crippen LogP contribution in [0.25, 0.3) is 0 Å². The average Bonchev–Trinajstić information content (AvgIpc) is 3.00. The minimum absolute atomic E-state index is 0.252. The Balaban J connectivity index is 1.42. The van der Waals surface area contributed by atoms with E-state index in [2.05, 4.69) is 84.3 Å². The smallest absolute Gasteiger partial charge is 0.128 e. The second-order valence-electron chi connectivity index (χ2n) is 8.94. The molecular weight excluding hydrogens is 332 g/mol. The van der Waals surface area contributed by atoms with Gasteiger partial charge in [0.05, 0.1) is 0 Å². The molecule has 2 fully saturated rings. The number of hydrogen-bond donors (Lipinski definition) is 0. The molecule has 27 heavy (non-hydrogen) atoms. The van der Waals surface area contributed by atoms with Crippen molar-refractivity contribution >= 4 is 5.82 Å².